The first-order valence-electron chi connectivity index (χ1n) is 18.7. The van der Waals surface area contributed by atoms with Crippen molar-refractivity contribution in [3.8, 4) is 0 Å². The highest BCUT2D eigenvalue weighted by Gasteiger charge is 2.47. The Bertz CT molecular complexity index is 2530. The van der Waals surface area contributed by atoms with Gasteiger partial charge in [0, 0.05) is 31.6 Å². The zero-order valence-corrected chi connectivity index (χ0v) is 30.6. The number of rotatable bonds is 7. The molecule has 1 saturated carbocycles. The van der Waals surface area contributed by atoms with Gasteiger partial charge in [0.15, 0.2) is 5.52 Å². The van der Waals surface area contributed by atoms with E-state index in [1.165, 1.54) is 17.7 Å². The second-order valence-electron chi connectivity index (χ2n) is 15.2. The number of amides is 3. The maximum absolute atomic E-state index is 16.0. The van der Waals surface area contributed by atoms with Gasteiger partial charge in [0.1, 0.15) is 23.2 Å². The molecule has 3 fully saturated rings. The maximum atomic E-state index is 16.0. The summed E-state index contributed by atoms with van der Waals surface area (Å²) in [7, 11) is 1.41. The second kappa shape index (κ2) is 14.3. The molecule has 2 saturated heterocycles. The van der Waals surface area contributed by atoms with Crippen LogP contribution in [0.2, 0.25) is 0 Å². The van der Waals surface area contributed by atoms with Gasteiger partial charge in [-0.2, -0.15) is 18.3 Å². The number of para-hydroxylation sites is 1. The molecular formula is C38H38F5N9O5. The monoisotopic (exact) mass is 795 g/mol. The number of fused-ring (bicyclic) bond motifs is 2. The van der Waals surface area contributed by atoms with E-state index in [4.69, 9.17) is 0 Å². The van der Waals surface area contributed by atoms with Gasteiger partial charge < -0.3 is 10.3 Å². The highest BCUT2D eigenvalue weighted by molar-refractivity contribution is 6.03. The molecular weight excluding hydrogens is 757 g/mol. The first-order chi connectivity index (χ1) is 27.1. The van der Waals surface area contributed by atoms with Crippen molar-refractivity contribution in [2.75, 3.05) is 25.0 Å². The van der Waals surface area contributed by atoms with Gasteiger partial charge in [0.2, 0.25) is 11.8 Å². The fourth-order valence-electron chi connectivity index (χ4n) is 8.60. The number of likely N-dealkylation sites (tertiary alicyclic amines) is 1. The van der Waals surface area contributed by atoms with Crippen LogP contribution in [0.25, 0.3) is 21.9 Å². The molecule has 1 aromatic carbocycles. The zero-order chi connectivity index (χ0) is 40.4. The van der Waals surface area contributed by atoms with Crippen LogP contribution in [0, 0.1) is 5.92 Å². The number of nitrogens with one attached hydrogen (secondary N) is 3. The average Bonchev–Trinajstić information content (AvgIpc) is 3.74. The van der Waals surface area contributed by atoms with Crippen molar-refractivity contribution >= 4 is 45.5 Å². The molecule has 0 radical (unpaired) electrons. The third-order valence-corrected chi connectivity index (χ3v) is 11.5. The van der Waals surface area contributed by atoms with E-state index in [1.54, 1.807) is 34.0 Å². The molecule has 0 bridgehead atoms. The molecule has 6 heterocycles. The smallest absolute Gasteiger partial charge is 0.307 e. The summed E-state index contributed by atoms with van der Waals surface area (Å²) in [5.74, 6) is -6.01. The lowest BCUT2D eigenvalue weighted by Crippen LogP contribution is -2.49. The van der Waals surface area contributed by atoms with Gasteiger partial charge in [-0.15, -0.1) is 0 Å². The maximum Gasteiger partial charge on any atom is 0.433 e. The van der Waals surface area contributed by atoms with E-state index in [0.717, 1.165) is 35.6 Å². The lowest BCUT2D eigenvalue weighted by atomic mass is 9.83. The molecule has 5 aromatic rings. The van der Waals surface area contributed by atoms with Crippen LogP contribution in [0.4, 0.5) is 27.8 Å². The summed E-state index contributed by atoms with van der Waals surface area (Å²) in [5.41, 5.74) is -1.72. The van der Waals surface area contributed by atoms with Gasteiger partial charge in [0.25, 0.3) is 17.4 Å². The zero-order valence-electron chi connectivity index (χ0n) is 30.6. The topological polar surface area (TPSA) is 169 Å². The molecule has 57 heavy (non-hydrogen) atoms. The van der Waals surface area contributed by atoms with Crippen molar-refractivity contribution in [1.82, 2.24) is 39.1 Å². The highest BCUT2D eigenvalue weighted by atomic mass is 19.4. The number of carbonyl (C=O) groups excluding carboxylic acids is 3. The van der Waals surface area contributed by atoms with Crippen molar-refractivity contribution in [3.63, 3.8) is 0 Å². The van der Waals surface area contributed by atoms with Crippen LogP contribution in [-0.2, 0) is 22.8 Å². The average molecular weight is 796 g/mol. The Morgan fingerprint density at radius 2 is 1.75 bits per heavy atom. The Labute approximate surface area is 320 Å². The molecule has 8 rings (SSSR count). The van der Waals surface area contributed by atoms with E-state index in [-0.39, 0.29) is 48.1 Å². The summed E-state index contributed by atoms with van der Waals surface area (Å²) >= 11 is 0. The van der Waals surface area contributed by atoms with Crippen LogP contribution in [0.5, 0.6) is 0 Å². The van der Waals surface area contributed by atoms with Crippen LogP contribution in [-0.4, -0.2) is 77.1 Å². The van der Waals surface area contributed by atoms with E-state index >= 15 is 8.78 Å². The number of aromatic amines is 1. The van der Waals surface area contributed by atoms with Crippen molar-refractivity contribution in [2.45, 2.75) is 75.0 Å². The number of piperidine rings is 2. The third-order valence-electron chi connectivity index (χ3n) is 11.5. The fourth-order valence-corrected chi connectivity index (χ4v) is 8.60. The summed E-state index contributed by atoms with van der Waals surface area (Å²) < 4.78 is 75.5. The van der Waals surface area contributed by atoms with Gasteiger partial charge in [-0.3, -0.25) is 43.2 Å². The molecule has 2 aliphatic heterocycles. The highest BCUT2D eigenvalue weighted by Crippen LogP contribution is 2.43. The predicted octanol–water partition coefficient (Wildman–Crippen LogP) is 4.88. The van der Waals surface area contributed by atoms with Gasteiger partial charge in [-0.1, -0.05) is 18.2 Å². The van der Waals surface area contributed by atoms with Gasteiger partial charge >= 0.3 is 11.9 Å². The van der Waals surface area contributed by atoms with Crippen LogP contribution in [0.15, 0.2) is 58.3 Å². The molecule has 1 aliphatic carbocycles. The summed E-state index contributed by atoms with van der Waals surface area (Å²) in [4.78, 5) is 71.2. The van der Waals surface area contributed by atoms with Gasteiger partial charge in [0.05, 0.1) is 29.5 Å². The first-order valence-corrected chi connectivity index (χ1v) is 18.7. The summed E-state index contributed by atoms with van der Waals surface area (Å²) in [6.45, 7) is 0.446. The molecule has 14 nitrogen and oxygen atoms in total. The lowest BCUT2D eigenvalue weighted by Gasteiger charge is -2.41. The SMILES string of the molecule is Cn1c(NC(=O)c2cccc(C(F)(F)F)n2)cc2cn(C3CCC(CN4CC[C@@H](c5cccc6c5[nH]c(=O)n6C5CCC(=O)NC5=O)C(F)(F)C4)CC3)nc2c1=O. The number of hydrogen-bond acceptors (Lipinski definition) is 8. The number of aromatic nitrogens is 6. The van der Waals surface area contributed by atoms with Crippen LogP contribution in [0.3, 0.4) is 0 Å². The minimum Gasteiger partial charge on any atom is -0.307 e. The van der Waals surface area contributed by atoms with Crippen molar-refractivity contribution < 1.29 is 36.3 Å². The first kappa shape index (κ1) is 38.2. The van der Waals surface area contributed by atoms with Gasteiger partial charge in [-0.05, 0) is 80.8 Å². The van der Waals surface area contributed by atoms with Crippen LogP contribution >= 0.6 is 0 Å². The quantitative estimate of drug-likeness (QED) is 0.155. The van der Waals surface area contributed by atoms with E-state index in [2.05, 4.69) is 25.7 Å². The Balaban J connectivity index is 0.903. The number of imidazole rings is 1. The number of halogens is 5. The minimum atomic E-state index is -4.73. The number of alkyl halides is 5. The molecule has 3 N–H and O–H groups in total. The summed E-state index contributed by atoms with van der Waals surface area (Å²) in [5, 5.41) is 9.70. The Kier molecular flexibility index (Phi) is 9.60. The number of benzene rings is 1. The molecule has 2 atom stereocenters. The van der Waals surface area contributed by atoms with Crippen LogP contribution < -0.4 is 21.9 Å². The van der Waals surface area contributed by atoms with E-state index in [0.29, 0.717) is 42.4 Å². The number of pyridine rings is 2. The van der Waals surface area contributed by atoms with E-state index in [1.807, 2.05) is 0 Å². The Morgan fingerprint density at radius 3 is 2.47 bits per heavy atom. The summed E-state index contributed by atoms with van der Waals surface area (Å²) in [6, 6.07) is 8.31. The fraction of sp³-hybridized carbons (Fsp3) is 0.447. The van der Waals surface area contributed by atoms with Gasteiger partial charge in [-0.25, -0.2) is 18.6 Å². The standard InChI is InChI=1S/C38H38F5N9O5/c1-49-29(45-33(54)25-5-3-7-28(44-25)38(41,42)43)16-21-18-51(48-31(21)35(49)56)22-10-8-20(9-11-22)17-50-15-14-24(37(39,40)19-50)23-4-2-6-26-32(23)47-36(57)52(26)27-12-13-30(53)46-34(27)55/h2-7,16,18,20,22,24,27H,8-15,17,19H2,1H3,(H,45,54)(H,47,57)(H,46,53,55)/t20?,22?,24-,27?/m0/s1. The van der Waals surface area contributed by atoms with Crippen LogP contribution in [0.1, 0.15) is 84.7 Å². The Hall–Kier alpha value is -5.72. The normalized spacial score (nSPS) is 23.2. The number of imide groups is 1. The molecule has 4 aromatic heterocycles. The molecule has 3 aliphatic rings. The number of anilines is 1. The van der Waals surface area contributed by atoms with Crippen molar-refractivity contribution in [1.29, 1.82) is 0 Å². The second-order valence-corrected chi connectivity index (χ2v) is 15.2. The number of H-pyrrole nitrogens is 1. The molecule has 1 unspecified atom stereocenters. The number of carbonyl (C=O) groups is 3. The Morgan fingerprint density at radius 1 is 1.00 bits per heavy atom. The molecule has 300 valence electrons. The summed E-state index contributed by atoms with van der Waals surface area (Å²) in [6.07, 6.45) is 0.171. The van der Waals surface area contributed by atoms with E-state index < -0.39 is 71.0 Å². The predicted molar refractivity (Wildman–Crippen MR) is 196 cm³/mol. The van der Waals surface area contributed by atoms with Crippen molar-refractivity contribution in [3.05, 3.63) is 86.5 Å². The van der Waals surface area contributed by atoms with E-state index in [9.17, 15) is 37.1 Å². The number of hydrogen-bond donors (Lipinski definition) is 3. The minimum absolute atomic E-state index is 0.0520. The molecule has 0 spiro atoms. The third kappa shape index (κ3) is 7.23. The van der Waals surface area contributed by atoms with Crippen molar-refractivity contribution in [2.24, 2.45) is 13.0 Å². The largest absolute Gasteiger partial charge is 0.433 e. The molecule has 19 heteroatoms. The number of nitrogens with zero attached hydrogens (tertiary/aromatic N) is 6. The molecule has 3 amide bonds. The lowest BCUT2D eigenvalue weighted by molar-refractivity contribution is -0.141.